The summed E-state index contributed by atoms with van der Waals surface area (Å²) < 4.78 is 10.3. The van der Waals surface area contributed by atoms with Gasteiger partial charge >= 0.3 is 5.97 Å². The zero-order chi connectivity index (χ0) is 19.1. The summed E-state index contributed by atoms with van der Waals surface area (Å²) in [7, 11) is 1.62. The van der Waals surface area contributed by atoms with Crippen molar-refractivity contribution in [3.05, 3.63) is 71.2 Å². The molecule has 2 aromatic carbocycles. The highest BCUT2D eigenvalue weighted by molar-refractivity contribution is 7.13. The fraction of sp³-hybridized carbons (Fsp3) is 0.150. The standard InChI is InChI=1S/C20H18N2O4S/c1-25-17-9-7-15(8-10-17)20-22-16(13-27-20)12-26-18(23)11-21-19(24)14-5-3-2-4-6-14/h2-10,13H,11-12H2,1H3,(H,21,24). The normalized spacial score (nSPS) is 10.3. The van der Waals surface area contributed by atoms with E-state index in [4.69, 9.17) is 9.47 Å². The second-order valence-electron chi connectivity index (χ2n) is 5.58. The summed E-state index contributed by atoms with van der Waals surface area (Å²) in [5.74, 6) is -0.0525. The van der Waals surface area contributed by atoms with Gasteiger partial charge < -0.3 is 14.8 Å². The lowest BCUT2D eigenvalue weighted by molar-refractivity contribution is -0.143. The number of carbonyl (C=O) groups excluding carboxylic acids is 2. The van der Waals surface area contributed by atoms with Gasteiger partial charge in [-0.2, -0.15) is 0 Å². The van der Waals surface area contributed by atoms with E-state index in [-0.39, 0.29) is 19.1 Å². The second-order valence-corrected chi connectivity index (χ2v) is 6.44. The van der Waals surface area contributed by atoms with Crippen molar-refractivity contribution in [1.29, 1.82) is 0 Å². The van der Waals surface area contributed by atoms with Crippen molar-refractivity contribution >= 4 is 23.2 Å². The first-order chi connectivity index (χ1) is 13.2. The molecule has 1 amide bonds. The lowest BCUT2D eigenvalue weighted by Crippen LogP contribution is -2.30. The van der Waals surface area contributed by atoms with Gasteiger partial charge in [-0.05, 0) is 36.4 Å². The maximum atomic E-state index is 11.9. The molecule has 0 spiro atoms. The summed E-state index contributed by atoms with van der Waals surface area (Å²) in [5, 5.41) is 5.21. The SMILES string of the molecule is COc1ccc(-c2nc(COC(=O)CNC(=O)c3ccccc3)cs2)cc1. The van der Waals surface area contributed by atoms with E-state index in [1.807, 2.05) is 35.7 Å². The van der Waals surface area contributed by atoms with Gasteiger partial charge in [0.2, 0.25) is 0 Å². The van der Waals surface area contributed by atoms with E-state index < -0.39 is 5.97 Å². The summed E-state index contributed by atoms with van der Waals surface area (Å²) in [6.07, 6.45) is 0. The first-order valence-corrected chi connectivity index (χ1v) is 9.11. The van der Waals surface area contributed by atoms with Crippen LogP contribution in [0.5, 0.6) is 5.75 Å². The van der Waals surface area contributed by atoms with Crippen molar-refractivity contribution in [1.82, 2.24) is 10.3 Å². The number of carbonyl (C=O) groups is 2. The molecule has 0 bridgehead atoms. The van der Waals surface area contributed by atoms with Crippen LogP contribution in [0.4, 0.5) is 0 Å². The van der Waals surface area contributed by atoms with Gasteiger partial charge in [-0.3, -0.25) is 9.59 Å². The number of thiazole rings is 1. The number of hydrogen-bond donors (Lipinski definition) is 1. The number of hydrogen-bond acceptors (Lipinski definition) is 6. The fourth-order valence-electron chi connectivity index (χ4n) is 2.29. The molecule has 1 N–H and O–H groups in total. The summed E-state index contributed by atoms with van der Waals surface area (Å²) in [5.41, 5.74) is 2.12. The molecule has 0 fully saturated rings. The number of benzene rings is 2. The third-order valence-electron chi connectivity index (χ3n) is 3.70. The number of rotatable bonds is 7. The molecule has 0 atom stereocenters. The Morgan fingerprint density at radius 1 is 1.07 bits per heavy atom. The van der Waals surface area contributed by atoms with Crippen LogP contribution in [0.15, 0.2) is 60.0 Å². The lowest BCUT2D eigenvalue weighted by Gasteiger charge is -2.05. The highest BCUT2D eigenvalue weighted by Crippen LogP contribution is 2.25. The fourth-order valence-corrected chi connectivity index (χ4v) is 3.10. The van der Waals surface area contributed by atoms with Crippen molar-refractivity contribution in [2.45, 2.75) is 6.61 Å². The van der Waals surface area contributed by atoms with Gasteiger partial charge in [-0.25, -0.2) is 4.98 Å². The Hall–Kier alpha value is -3.19. The third kappa shape index (κ3) is 5.15. The molecular weight excluding hydrogens is 364 g/mol. The van der Waals surface area contributed by atoms with Crippen molar-refractivity contribution in [3.8, 4) is 16.3 Å². The molecule has 3 rings (SSSR count). The van der Waals surface area contributed by atoms with Crippen molar-refractivity contribution in [3.63, 3.8) is 0 Å². The van der Waals surface area contributed by atoms with Gasteiger partial charge in [0.25, 0.3) is 5.91 Å². The van der Waals surface area contributed by atoms with Gasteiger partial charge in [0.05, 0.1) is 12.8 Å². The number of methoxy groups -OCH3 is 1. The van der Waals surface area contributed by atoms with Crippen molar-refractivity contribution in [2.75, 3.05) is 13.7 Å². The van der Waals surface area contributed by atoms with E-state index in [9.17, 15) is 9.59 Å². The minimum Gasteiger partial charge on any atom is -0.497 e. The van der Waals surface area contributed by atoms with Crippen LogP contribution in [0.2, 0.25) is 0 Å². The Balaban J connectivity index is 1.48. The van der Waals surface area contributed by atoms with Crippen LogP contribution in [-0.4, -0.2) is 30.5 Å². The van der Waals surface area contributed by atoms with E-state index in [0.29, 0.717) is 11.3 Å². The van der Waals surface area contributed by atoms with Gasteiger partial charge in [0.15, 0.2) is 0 Å². The smallest absolute Gasteiger partial charge is 0.325 e. The van der Waals surface area contributed by atoms with Crippen LogP contribution in [-0.2, 0) is 16.1 Å². The molecule has 3 aromatic rings. The van der Waals surface area contributed by atoms with Crippen LogP contribution in [0.1, 0.15) is 16.1 Å². The topological polar surface area (TPSA) is 77.5 Å². The molecule has 0 unspecified atom stereocenters. The molecule has 0 saturated carbocycles. The van der Waals surface area contributed by atoms with E-state index in [0.717, 1.165) is 16.3 Å². The zero-order valence-corrected chi connectivity index (χ0v) is 15.5. The number of nitrogens with zero attached hydrogens (tertiary/aromatic N) is 1. The van der Waals surface area contributed by atoms with Gasteiger partial charge in [0, 0.05) is 16.5 Å². The highest BCUT2D eigenvalue weighted by atomic mass is 32.1. The van der Waals surface area contributed by atoms with E-state index in [2.05, 4.69) is 10.3 Å². The van der Waals surface area contributed by atoms with Gasteiger partial charge in [-0.1, -0.05) is 18.2 Å². The number of amides is 1. The minimum atomic E-state index is -0.515. The van der Waals surface area contributed by atoms with E-state index >= 15 is 0 Å². The Morgan fingerprint density at radius 2 is 1.81 bits per heavy atom. The summed E-state index contributed by atoms with van der Waals surface area (Å²) in [4.78, 5) is 28.2. The molecule has 1 aromatic heterocycles. The Morgan fingerprint density at radius 3 is 2.52 bits per heavy atom. The summed E-state index contributed by atoms with van der Waals surface area (Å²) in [6, 6.07) is 16.3. The average molecular weight is 382 g/mol. The van der Waals surface area contributed by atoms with E-state index in [1.165, 1.54) is 11.3 Å². The largest absolute Gasteiger partial charge is 0.497 e. The van der Waals surface area contributed by atoms with Gasteiger partial charge in [0.1, 0.15) is 23.9 Å². The number of esters is 1. The molecule has 0 aliphatic heterocycles. The Kier molecular flexibility index (Phi) is 6.17. The molecule has 1 heterocycles. The van der Waals surface area contributed by atoms with Crippen LogP contribution < -0.4 is 10.1 Å². The maximum Gasteiger partial charge on any atom is 0.325 e. The molecule has 0 saturated heterocycles. The number of aromatic nitrogens is 1. The number of ether oxygens (including phenoxy) is 2. The van der Waals surface area contributed by atoms with E-state index in [1.54, 1.807) is 31.4 Å². The van der Waals surface area contributed by atoms with Crippen LogP contribution in [0.25, 0.3) is 10.6 Å². The predicted molar refractivity (Wildman–Crippen MR) is 103 cm³/mol. The molecule has 7 heteroatoms. The van der Waals surface area contributed by atoms with Crippen LogP contribution >= 0.6 is 11.3 Å². The second kappa shape index (κ2) is 8.95. The lowest BCUT2D eigenvalue weighted by atomic mass is 10.2. The summed E-state index contributed by atoms with van der Waals surface area (Å²) >= 11 is 1.47. The van der Waals surface area contributed by atoms with Gasteiger partial charge in [-0.15, -0.1) is 11.3 Å². The van der Waals surface area contributed by atoms with Crippen LogP contribution in [0.3, 0.4) is 0 Å². The highest BCUT2D eigenvalue weighted by Gasteiger charge is 2.10. The third-order valence-corrected chi connectivity index (χ3v) is 4.64. The Labute approximate surface area is 160 Å². The first kappa shape index (κ1) is 18.6. The quantitative estimate of drug-likeness (QED) is 0.635. The predicted octanol–water partition coefficient (Wildman–Crippen LogP) is 3.29. The Bertz CT molecular complexity index is 907. The minimum absolute atomic E-state index is 0.0622. The molecule has 27 heavy (non-hydrogen) atoms. The molecular formula is C20H18N2O4S. The average Bonchev–Trinajstić information content (AvgIpc) is 3.20. The molecule has 138 valence electrons. The van der Waals surface area contributed by atoms with Crippen molar-refractivity contribution < 1.29 is 19.1 Å². The monoisotopic (exact) mass is 382 g/mol. The molecule has 0 radical (unpaired) electrons. The summed E-state index contributed by atoms with van der Waals surface area (Å²) in [6.45, 7) is -0.129. The zero-order valence-electron chi connectivity index (χ0n) is 14.7. The molecule has 0 aliphatic carbocycles. The maximum absolute atomic E-state index is 11.9. The van der Waals surface area contributed by atoms with Crippen LogP contribution in [0, 0.1) is 0 Å². The van der Waals surface area contributed by atoms with Crippen molar-refractivity contribution in [2.24, 2.45) is 0 Å². The number of nitrogens with one attached hydrogen (secondary N) is 1. The first-order valence-electron chi connectivity index (χ1n) is 8.23. The molecule has 6 nitrogen and oxygen atoms in total. The molecule has 0 aliphatic rings.